The van der Waals surface area contributed by atoms with Crippen molar-refractivity contribution < 1.29 is 19.1 Å². The lowest BCUT2D eigenvalue weighted by Crippen LogP contribution is -2.61. The molecule has 12 nitrogen and oxygen atoms in total. The van der Waals surface area contributed by atoms with Gasteiger partial charge >= 0.3 is 0 Å². The van der Waals surface area contributed by atoms with Crippen LogP contribution < -0.4 is 15.5 Å². The maximum Gasteiger partial charge on any atom is 0.235 e. The molecule has 0 amide bonds. The largest absolute Gasteiger partial charge is 0.364 e. The number of methoxy groups -OCH3 is 2. The standard InChI is InChI=1S/C35H68N8O4/c1-15-17-27(25-19-32(3,4)42(46-13)33(5,6)20-25)36-29-38-30(40-31(39-29)41(23-44-11)24-45-12)37-28(18-16-2)26-21-34(7,8)43(47-14)35(9,10)22-26/h25-28H,15-24H2,1-14H3,(H2,36,37,38,39,40). The van der Waals surface area contributed by atoms with Crippen molar-refractivity contribution in [3.8, 4) is 0 Å². The van der Waals surface area contributed by atoms with Gasteiger partial charge in [0, 0.05) is 48.5 Å². The molecule has 3 rings (SSSR count). The average Bonchev–Trinajstić information content (AvgIpc) is 2.94. The summed E-state index contributed by atoms with van der Waals surface area (Å²) in [5.41, 5.74) is -0.473. The van der Waals surface area contributed by atoms with Gasteiger partial charge < -0.3 is 29.8 Å². The fraction of sp³-hybridized carbons (Fsp3) is 0.914. The van der Waals surface area contributed by atoms with Crippen molar-refractivity contribution in [3.63, 3.8) is 0 Å². The van der Waals surface area contributed by atoms with E-state index in [1.54, 1.807) is 28.4 Å². The van der Waals surface area contributed by atoms with E-state index in [2.05, 4.69) is 90.0 Å². The van der Waals surface area contributed by atoms with Crippen molar-refractivity contribution in [1.82, 2.24) is 25.1 Å². The van der Waals surface area contributed by atoms with Crippen molar-refractivity contribution >= 4 is 17.8 Å². The number of hydrogen-bond donors (Lipinski definition) is 2. The lowest BCUT2D eigenvalue weighted by atomic mass is 9.71. The first-order chi connectivity index (χ1) is 22.0. The summed E-state index contributed by atoms with van der Waals surface area (Å²) in [6.07, 6.45) is 8.10. The second-order valence-electron chi connectivity index (χ2n) is 16.3. The van der Waals surface area contributed by atoms with Gasteiger partial charge in [-0.1, -0.05) is 26.7 Å². The average molecular weight is 665 g/mol. The van der Waals surface area contributed by atoms with E-state index in [4.69, 9.17) is 34.1 Å². The molecule has 0 radical (unpaired) electrons. The van der Waals surface area contributed by atoms with Gasteiger partial charge in [0.05, 0.1) is 14.2 Å². The van der Waals surface area contributed by atoms with Gasteiger partial charge in [-0.05, 0) is 106 Å². The number of piperidine rings is 2. The first-order valence-electron chi connectivity index (χ1n) is 17.7. The molecule has 2 aliphatic rings. The highest BCUT2D eigenvalue weighted by Crippen LogP contribution is 2.45. The molecule has 2 aliphatic heterocycles. The molecular formula is C35H68N8O4. The van der Waals surface area contributed by atoms with Crippen molar-refractivity contribution in [2.75, 3.05) is 57.4 Å². The van der Waals surface area contributed by atoms with Crippen molar-refractivity contribution in [3.05, 3.63) is 0 Å². The van der Waals surface area contributed by atoms with Gasteiger partial charge in [-0.25, -0.2) is 0 Å². The quantitative estimate of drug-likeness (QED) is 0.173. The molecule has 2 unspecified atom stereocenters. The molecule has 12 heteroatoms. The summed E-state index contributed by atoms with van der Waals surface area (Å²) in [4.78, 5) is 28.7. The number of anilines is 3. The second-order valence-corrected chi connectivity index (χ2v) is 16.3. The fourth-order valence-corrected chi connectivity index (χ4v) is 9.14. The van der Waals surface area contributed by atoms with Gasteiger partial charge in [-0.2, -0.15) is 25.1 Å². The van der Waals surface area contributed by atoms with Crippen LogP contribution in [0.4, 0.5) is 17.8 Å². The van der Waals surface area contributed by atoms with Crippen LogP contribution in [0.5, 0.6) is 0 Å². The predicted octanol–water partition coefficient (Wildman–Crippen LogP) is 6.71. The van der Waals surface area contributed by atoms with Crippen LogP contribution in [0.3, 0.4) is 0 Å². The molecule has 0 spiro atoms. The number of ether oxygens (including phenoxy) is 2. The maximum atomic E-state index is 5.91. The Morgan fingerprint density at radius 1 is 0.638 bits per heavy atom. The van der Waals surface area contributed by atoms with E-state index >= 15 is 0 Å². The number of rotatable bonds is 17. The molecule has 0 bridgehead atoms. The SMILES string of the molecule is CCCC(Nc1nc(NC(CCC)C2CC(C)(C)N(OC)C(C)(C)C2)nc(N(COC)COC)n1)C1CC(C)(C)N(OC)C(C)(C)C1. The topological polar surface area (TPSA) is 109 Å². The number of aromatic nitrogens is 3. The number of hydroxylamine groups is 4. The van der Waals surface area contributed by atoms with E-state index in [1.807, 2.05) is 4.90 Å². The minimum Gasteiger partial charge on any atom is -0.364 e. The van der Waals surface area contributed by atoms with Crippen molar-refractivity contribution in [2.45, 2.75) is 155 Å². The van der Waals surface area contributed by atoms with E-state index in [0.29, 0.717) is 43.1 Å². The van der Waals surface area contributed by atoms with Crippen LogP contribution in [0.15, 0.2) is 0 Å². The molecule has 2 saturated heterocycles. The van der Waals surface area contributed by atoms with Crippen LogP contribution in [0.1, 0.15) is 121 Å². The number of nitrogens with zero attached hydrogens (tertiary/aromatic N) is 6. The zero-order valence-corrected chi connectivity index (χ0v) is 32.2. The smallest absolute Gasteiger partial charge is 0.235 e. The summed E-state index contributed by atoms with van der Waals surface area (Å²) < 4.78 is 11.1. The van der Waals surface area contributed by atoms with E-state index in [9.17, 15) is 0 Å². The van der Waals surface area contributed by atoms with Gasteiger partial charge in [0.15, 0.2) is 0 Å². The van der Waals surface area contributed by atoms with E-state index in [-0.39, 0.29) is 34.2 Å². The summed E-state index contributed by atoms with van der Waals surface area (Å²) in [5, 5.41) is 12.0. The minimum absolute atomic E-state index is 0.118. The Morgan fingerprint density at radius 2 is 0.979 bits per heavy atom. The Labute approximate surface area is 285 Å². The second kappa shape index (κ2) is 16.3. The van der Waals surface area contributed by atoms with Crippen LogP contribution in [0.25, 0.3) is 0 Å². The van der Waals surface area contributed by atoms with Crippen LogP contribution in [0.2, 0.25) is 0 Å². The third-order valence-electron chi connectivity index (χ3n) is 10.1. The molecule has 0 aromatic carbocycles. The van der Waals surface area contributed by atoms with Crippen LogP contribution in [-0.4, -0.2) is 101 Å². The summed E-state index contributed by atoms with van der Waals surface area (Å²) in [6.45, 7) is 23.3. The molecule has 47 heavy (non-hydrogen) atoms. The molecule has 0 saturated carbocycles. The van der Waals surface area contributed by atoms with Crippen molar-refractivity contribution in [1.29, 1.82) is 0 Å². The molecule has 2 atom stereocenters. The monoisotopic (exact) mass is 665 g/mol. The van der Waals surface area contributed by atoms with E-state index < -0.39 is 0 Å². The number of hydrogen-bond acceptors (Lipinski definition) is 12. The summed E-state index contributed by atoms with van der Waals surface area (Å²) in [5.74, 6) is 2.47. The molecule has 2 N–H and O–H groups in total. The molecule has 1 aromatic heterocycles. The Kier molecular flexibility index (Phi) is 13.7. The Morgan fingerprint density at radius 3 is 1.26 bits per heavy atom. The highest BCUT2D eigenvalue weighted by molar-refractivity contribution is 5.44. The maximum absolute atomic E-state index is 5.91. The molecule has 1 aromatic rings. The van der Waals surface area contributed by atoms with E-state index in [0.717, 1.165) is 51.4 Å². The Bertz CT molecular complexity index is 1000. The predicted molar refractivity (Wildman–Crippen MR) is 190 cm³/mol. The minimum atomic E-state index is -0.118. The highest BCUT2D eigenvalue weighted by atomic mass is 16.7. The molecule has 2 fully saturated rings. The van der Waals surface area contributed by atoms with Crippen molar-refractivity contribution in [2.24, 2.45) is 11.8 Å². The van der Waals surface area contributed by atoms with Crippen LogP contribution in [0, 0.1) is 11.8 Å². The Balaban J connectivity index is 2.01. The van der Waals surface area contributed by atoms with E-state index in [1.165, 1.54) is 0 Å². The fourth-order valence-electron chi connectivity index (χ4n) is 9.14. The van der Waals surface area contributed by atoms with Gasteiger partial charge in [-0.3, -0.25) is 4.90 Å². The zero-order valence-electron chi connectivity index (χ0n) is 32.2. The molecule has 0 aliphatic carbocycles. The van der Waals surface area contributed by atoms with Crippen LogP contribution in [-0.2, 0) is 19.1 Å². The van der Waals surface area contributed by atoms with Gasteiger partial charge in [0.2, 0.25) is 17.8 Å². The zero-order chi connectivity index (χ0) is 35.2. The lowest BCUT2D eigenvalue weighted by molar-refractivity contribution is -0.272. The first kappa shape index (κ1) is 39.6. The highest BCUT2D eigenvalue weighted by Gasteiger charge is 2.49. The lowest BCUT2D eigenvalue weighted by Gasteiger charge is -2.54. The van der Waals surface area contributed by atoms with Crippen LogP contribution >= 0.6 is 0 Å². The van der Waals surface area contributed by atoms with Gasteiger partial charge in [0.25, 0.3) is 0 Å². The molecule has 272 valence electrons. The first-order valence-corrected chi connectivity index (χ1v) is 17.7. The van der Waals surface area contributed by atoms with Gasteiger partial charge in [0.1, 0.15) is 13.5 Å². The third kappa shape index (κ3) is 9.66. The summed E-state index contributed by atoms with van der Waals surface area (Å²) >= 11 is 0. The van der Waals surface area contributed by atoms with Gasteiger partial charge in [-0.15, -0.1) is 0 Å². The number of nitrogens with one attached hydrogen (secondary N) is 2. The Hall–Kier alpha value is -1.83. The summed E-state index contributed by atoms with van der Waals surface area (Å²) in [7, 11) is 6.91. The molecule has 3 heterocycles. The normalized spacial score (nSPS) is 22.9. The molecular weight excluding hydrogens is 596 g/mol. The summed E-state index contributed by atoms with van der Waals surface area (Å²) in [6, 6.07) is 0.371. The third-order valence-corrected chi connectivity index (χ3v) is 10.1.